The zero-order chi connectivity index (χ0) is 22.9. The molecule has 0 aliphatic carbocycles. The van der Waals surface area contributed by atoms with Crippen LogP contribution in [0.1, 0.15) is 17.3 Å². The topological polar surface area (TPSA) is 103 Å². The molecular formula is C21H18F3N5O2S. The van der Waals surface area contributed by atoms with E-state index in [4.69, 9.17) is 5.73 Å². The first-order valence-electron chi connectivity index (χ1n) is 9.51. The summed E-state index contributed by atoms with van der Waals surface area (Å²) in [5.74, 6) is -2.19. The Bertz CT molecular complexity index is 1390. The molecule has 4 rings (SSSR count). The van der Waals surface area contributed by atoms with E-state index in [9.17, 15) is 21.6 Å². The van der Waals surface area contributed by atoms with Gasteiger partial charge in [0.05, 0.1) is 18.3 Å². The number of sulfonamides is 1. The second kappa shape index (κ2) is 8.60. The first kappa shape index (κ1) is 21.8. The smallest absolute Gasteiger partial charge is 0.265 e. The van der Waals surface area contributed by atoms with Crippen LogP contribution < -0.4 is 10.5 Å². The minimum absolute atomic E-state index is 0.136. The molecule has 32 heavy (non-hydrogen) atoms. The molecule has 0 fully saturated rings. The van der Waals surface area contributed by atoms with E-state index in [1.807, 2.05) is 0 Å². The summed E-state index contributed by atoms with van der Waals surface area (Å²) in [4.78, 5) is 2.78. The maximum atomic E-state index is 14.8. The molecule has 0 spiro atoms. The lowest BCUT2D eigenvalue weighted by atomic mass is 10.0. The van der Waals surface area contributed by atoms with Gasteiger partial charge in [0, 0.05) is 18.0 Å². The molecule has 0 aliphatic rings. The minimum atomic E-state index is -4.38. The van der Waals surface area contributed by atoms with E-state index < -0.39 is 32.9 Å². The van der Waals surface area contributed by atoms with E-state index >= 15 is 0 Å². The number of nitrogens with two attached hydrogens (primary N) is 1. The van der Waals surface area contributed by atoms with Crippen LogP contribution in [0.5, 0.6) is 0 Å². The lowest BCUT2D eigenvalue weighted by Gasteiger charge is -2.13. The molecule has 7 nitrogen and oxygen atoms in total. The molecule has 2 aromatic heterocycles. The lowest BCUT2D eigenvalue weighted by Crippen LogP contribution is -2.16. The van der Waals surface area contributed by atoms with E-state index in [0.29, 0.717) is 22.0 Å². The van der Waals surface area contributed by atoms with Gasteiger partial charge in [-0.3, -0.25) is 9.40 Å². The van der Waals surface area contributed by atoms with Crippen LogP contribution in [0, 0.1) is 11.8 Å². The van der Waals surface area contributed by atoms with Gasteiger partial charge in [-0.15, -0.1) is 0 Å². The quantitative estimate of drug-likeness (QED) is 0.410. The number of hydrogen-bond acceptors (Lipinski definition) is 5. The van der Waals surface area contributed by atoms with Crippen LogP contribution in [0.2, 0.25) is 0 Å². The number of hydrogen-bond donors (Lipinski definition) is 2. The maximum absolute atomic E-state index is 14.8. The fraction of sp³-hybridized carbons (Fsp3) is 0.143. The van der Waals surface area contributed by atoms with Crippen LogP contribution >= 0.6 is 0 Å². The SMILES string of the molecule is NCC(F)c1ccccc1Cn1ncc2cc(S(=O)(=O)Nc3cccc(F)n3)c(F)cc21. The first-order valence-corrected chi connectivity index (χ1v) is 11.0. The summed E-state index contributed by atoms with van der Waals surface area (Å²) in [6.45, 7) is -0.0447. The minimum Gasteiger partial charge on any atom is -0.327 e. The van der Waals surface area contributed by atoms with Crippen LogP contribution in [0.3, 0.4) is 0 Å². The Labute approximate surface area is 181 Å². The number of benzene rings is 2. The van der Waals surface area contributed by atoms with Gasteiger partial charge in [-0.2, -0.15) is 9.49 Å². The Morgan fingerprint density at radius 3 is 2.62 bits per heavy atom. The zero-order valence-electron chi connectivity index (χ0n) is 16.5. The third kappa shape index (κ3) is 4.30. The van der Waals surface area contributed by atoms with Crippen LogP contribution in [-0.2, 0) is 16.6 Å². The number of fused-ring (bicyclic) bond motifs is 1. The van der Waals surface area contributed by atoms with Crippen LogP contribution in [0.25, 0.3) is 10.9 Å². The van der Waals surface area contributed by atoms with Gasteiger partial charge < -0.3 is 5.73 Å². The predicted molar refractivity (Wildman–Crippen MR) is 113 cm³/mol. The first-order chi connectivity index (χ1) is 15.3. The highest BCUT2D eigenvalue weighted by molar-refractivity contribution is 7.92. The molecule has 166 valence electrons. The van der Waals surface area contributed by atoms with Crippen molar-refractivity contribution in [1.82, 2.24) is 14.8 Å². The van der Waals surface area contributed by atoms with Gasteiger partial charge in [-0.05, 0) is 29.3 Å². The van der Waals surface area contributed by atoms with Crippen molar-refractivity contribution in [2.24, 2.45) is 5.73 Å². The van der Waals surface area contributed by atoms with Crippen molar-refractivity contribution < 1.29 is 21.6 Å². The molecule has 0 amide bonds. The summed E-state index contributed by atoms with van der Waals surface area (Å²) in [6.07, 6.45) is 0.0243. The highest BCUT2D eigenvalue weighted by Crippen LogP contribution is 2.26. The number of nitrogens with zero attached hydrogens (tertiary/aromatic N) is 3. The summed E-state index contributed by atoms with van der Waals surface area (Å²) in [5, 5.41) is 4.55. The Kier molecular flexibility index (Phi) is 5.85. The van der Waals surface area contributed by atoms with Crippen molar-refractivity contribution in [3.63, 3.8) is 0 Å². The Hall–Kier alpha value is -3.44. The van der Waals surface area contributed by atoms with Crippen molar-refractivity contribution in [1.29, 1.82) is 0 Å². The van der Waals surface area contributed by atoms with Crippen molar-refractivity contribution >= 4 is 26.7 Å². The average molecular weight is 461 g/mol. The van der Waals surface area contributed by atoms with Crippen LogP contribution in [-0.4, -0.2) is 29.7 Å². The summed E-state index contributed by atoms with van der Waals surface area (Å²) < 4.78 is 71.0. The van der Waals surface area contributed by atoms with E-state index in [-0.39, 0.29) is 18.9 Å². The number of pyridine rings is 1. The molecule has 11 heteroatoms. The van der Waals surface area contributed by atoms with Crippen LogP contribution in [0.4, 0.5) is 19.0 Å². The third-order valence-corrected chi connectivity index (χ3v) is 6.23. The Morgan fingerprint density at radius 2 is 1.88 bits per heavy atom. The summed E-state index contributed by atoms with van der Waals surface area (Å²) in [5.41, 5.74) is 6.79. The van der Waals surface area contributed by atoms with Gasteiger partial charge in [0.15, 0.2) is 0 Å². The number of aromatic nitrogens is 3. The number of nitrogens with one attached hydrogen (secondary N) is 1. The molecule has 0 radical (unpaired) electrons. The Balaban J connectivity index is 1.69. The molecule has 2 aromatic carbocycles. The number of alkyl halides is 1. The molecule has 2 heterocycles. The lowest BCUT2D eigenvalue weighted by molar-refractivity contribution is 0.350. The maximum Gasteiger partial charge on any atom is 0.265 e. The monoisotopic (exact) mass is 461 g/mol. The molecule has 0 saturated carbocycles. The average Bonchev–Trinajstić information content (AvgIpc) is 3.14. The van der Waals surface area contributed by atoms with Gasteiger partial charge in [-0.25, -0.2) is 22.2 Å². The fourth-order valence-electron chi connectivity index (χ4n) is 3.34. The van der Waals surface area contributed by atoms with E-state index in [1.165, 1.54) is 23.0 Å². The summed E-state index contributed by atoms with van der Waals surface area (Å²) in [6, 6.07) is 12.5. The highest BCUT2D eigenvalue weighted by atomic mass is 32.2. The number of anilines is 1. The predicted octanol–water partition coefficient (Wildman–Crippen LogP) is 3.53. The second-order valence-electron chi connectivity index (χ2n) is 7.00. The Morgan fingerprint density at radius 1 is 1.09 bits per heavy atom. The normalized spacial score (nSPS) is 12.8. The van der Waals surface area contributed by atoms with Gasteiger partial charge in [0.2, 0.25) is 5.95 Å². The largest absolute Gasteiger partial charge is 0.327 e. The molecule has 3 N–H and O–H groups in total. The van der Waals surface area contributed by atoms with Crippen molar-refractivity contribution in [3.8, 4) is 0 Å². The van der Waals surface area contributed by atoms with Crippen molar-refractivity contribution in [3.05, 3.63) is 83.7 Å². The van der Waals surface area contributed by atoms with Crippen molar-refractivity contribution in [2.45, 2.75) is 17.6 Å². The second-order valence-corrected chi connectivity index (χ2v) is 8.65. The standard InChI is InChI=1S/C21H18F3N5O2S/c22-16-9-18-14(8-19(16)32(30,31)28-21-7-3-6-20(24)27-21)11-26-29(18)12-13-4-1-2-5-15(13)17(23)10-25/h1-9,11,17H,10,12,25H2,(H,27,28). The molecule has 4 aromatic rings. The number of halogens is 3. The fourth-order valence-corrected chi connectivity index (χ4v) is 4.44. The zero-order valence-corrected chi connectivity index (χ0v) is 17.4. The van der Waals surface area contributed by atoms with Gasteiger partial charge in [0.25, 0.3) is 10.0 Å². The van der Waals surface area contributed by atoms with Crippen LogP contribution in [0.15, 0.2) is 65.7 Å². The van der Waals surface area contributed by atoms with E-state index in [1.54, 1.807) is 24.3 Å². The van der Waals surface area contributed by atoms with E-state index in [0.717, 1.165) is 18.2 Å². The number of rotatable bonds is 7. The molecule has 0 aliphatic heterocycles. The molecule has 1 atom stereocenters. The summed E-state index contributed by atoms with van der Waals surface area (Å²) >= 11 is 0. The summed E-state index contributed by atoms with van der Waals surface area (Å²) in [7, 11) is -4.38. The van der Waals surface area contributed by atoms with Gasteiger partial charge in [0.1, 0.15) is 22.7 Å². The third-order valence-electron chi connectivity index (χ3n) is 4.86. The van der Waals surface area contributed by atoms with Crippen molar-refractivity contribution in [2.75, 3.05) is 11.3 Å². The molecular weight excluding hydrogens is 443 g/mol. The van der Waals surface area contributed by atoms with Gasteiger partial charge >= 0.3 is 0 Å². The van der Waals surface area contributed by atoms with E-state index in [2.05, 4.69) is 14.8 Å². The van der Waals surface area contributed by atoms with Gasteiger partial charge in [-0.1, -0.05) is 30.3 Å². The molecule has 0 bridgehead atoms. The highest BCUT2D eigenvalue weighted by Gasteiger charge is 2.22. The molecule has 1 unspecified atom stereocenters. The molecule has 0 saturated heterocycles.